The van der Waals surface area contributed by atoms with E-state index in [1.54, 1.807) is 0 Å². The maximum atomic E-state index is 13.2. The van der Waals surface area contributed by atoms with Crippen molar-refractivity contribution in [2.45, 2.75) is 45.4 Å². The van der Waals surface area contributed by atoms with Gasteiger partial charge in [0.2, 0.25) is 5.95 Å². The molecule has 0 saturated carbocycles. The molecule has 1 aromatic heterocycles. The van der Waals surface area contributed by atoms with Gasteiger partial charge in [-0.1, -0.05) is 0 Å². The van der Waals surface area contributed by atoms with E-state index in [-0.39, 0.29) is 0 Å². The zero-order chi connectivity index (χ0) is 14.3. The fourth-order valence-corrected chi connectivity index (χ4v) is 2.00. The minimum absolute atomic E-state index is 0.414. The van der Waals surface area contributed by atoms with Crippen molar-refractivity contribution in [2.24, 2.45) is 0 Å². The van der Waals surface area contributed by atoms with Crippen LogP contribution in [0.4, 0.5) is 4.39 Å². The molecular formula is C13H20BFN2O2. The van der Waals surface area contributed by atoms with Crippen LogP contribution in [0.5, 0.6) is 0 Å². The zero-order valence-corrected chi connectivity index (χ0v) is 12.1. The molecule has 0 aliphatic carbocycles. The van der Waals surface area contributed by atoms with Crippen molar-refractivity contribution in [3.63, 3.8) is 0 Å². The molecule has 0 spiro atoms. The van der Waals surface area contributed by atoms with E-state index in [4.69, 9.17) is 9.31 Å². The van der Waals surface area contributed by atoms with E-state index in [9.17, 15) is 4.39 Å². The summed E-state index contributed by atoms with van der Waals surface area (Å²) in [5.74, 6) is -0.495. The molecule has 0 bridgehead atoms. The van der Waals surface area contributed by atoms with Gasteiger partial charge in [0.25, 0.3) is 0 Å². The highest BCUT2D eigenvalue weighted by Crippen LogP contribution is 2.36. The van der Waals surface area contributed by atoms with Crippen LogP contribution in [0.2, 0.25) is 0 Å². The topological polar surface area (TPSA) is 43.4 Å². The molecule has 104 valence electrons. The minimum atomic E-state index is -0.513. The van der Waals surface area contributed by atoms with Gasteiger partial charge in [-0.05, 0) is 46.4 Å². The van der Waals surface area contributed by atoms with E-state index in [1.807, 2.05) is 34.7 Å². The molecule has 4 nitrogen and oxygen atoms in total. The van der Waals surface area contributed by atoms with Gasteiger partial charge >= 0.3 is 7.12 Å². The zero-order valence-electron chi connectivity index (χ0n) is 12.1. The second-order valence-electron chi connectivity index (χ2n) is 5.82. The Balaban J connectivity index is 2.34. The summed E-state index contributed by atoms with van der Waals surface area (Å²) in [6, 6.07) is 1.41. The maximum Gasteiger partial charge on any atom is 0.496 e. The van der Waals surface area contributed by atoms with E-state index in [0.717, 1.165) is 11.0 Å². The summed E-state index contributed by atoms with van der Waals surface area (Å²) in [6.45, 7) is 8.49. The first kappa shape index (κ1) is 14.4. The van der Waals surface area contributed by atoms with E-state index < -0.39 is 24.3 Å². The molecule has 2 heterocycles. The molecular weight excluding hydrogens is 246 g/mol. The van der Waals surface area contributed by atoms with Crippen LogP contribution >= 0.6 is 0 Å². The molecule has 1 aliphatic rings. The molecule has 0 radical (unpaired) electrons. The van der Waals surface area contributed by atoms with Crippen molar-refractivity contribution in [2.75, 3.05) is 7.05 Å². The van der Waals surface area contributed by atoms with Crippen LogP contribution in [0.1, 0.15) is 33.3 Å². The summed E-state index contributed by atoms with van der Waals surface area (Å²) in [4.78, 5) is 3.71. The van der Waals surface area contributed by atoms with Gasteiger partial charge < -0.3 is 14.6 Å². The Morgan fingerprint density at radius 3 is 2.37 bits per heavy atom. The minimum Gasteiger partial charge on any atom is -0.399 e. The van der Waals surface area contributed by atoms with Gasteiger partial charge in [-0.25, -0.2) is 4.98 Å². The molecule has 0 aromatic carbocycles. The van der Waals surface area contributed by atoms with Crippen molar-refractivity contribution < 1.29 is 13.7 Å². The molecule has 1 aromatic rings. The van der Waals surface area contributed by atoms with E-state index in [1.165, 1.54) is 12.3 Å². The number of hydrogen-bond acceptors (Lipinski definition) is 4. The Morgan fingerprint density at radius 1 is 1.26 bits per heavy atom. The highest BCUT2D eigenvalue weighted by atomic mass is 19.1. The van der Waals surface area contributed by atoms with Crippen molar-refractivity contribution in [1.82, 2.24) is 10.3 Å². The summed E-state index contributed by atoms with van der Waals surface area (Å²) >= 11 is 0. The second kappa shape index (κ2) is 4.85. The summed E-state index contributed by atoms with van der Waals surface area (Å²) in [7, 11) is 1.30. The van der Waals surface area contributed by atoms with Crippen LogP contribution in [-0.2, 0) is 15.9 Å². The quantitative estimate of drug-likeness (QED) is 0.660. The Hall–Kier alpha value is -0.975. The van der Waals surface area contributed by atoms with Crippen LogP contribution < -0.4 is 10.8 Å². The third-order valence-electron chi connectivity index (χ3n) is 3.87. The summed E-state index contributed by atoms with van der Waals surface area (Å²) in [5.41, 5.74) is 0.745. The van der Waals surface area contributed by atoms with Gasteiger partial charge in [0, 0.05) is 18.2 Å². The lowest BCUT2D eigenvalue weighted by Gasteiger charge is -2.32. The van der Waals surface area contributed by atoms with Crippen LogP contribution in [-0.4, -0.2) is 30.4 Å². The third kappa shape index (κ3) is 2.66. The average Bonchev–Trinajstić information content (AvgIpc) is 2.48. The van der Waals surface area contributed by atoms with Crippen LogP contribution in [0.3, 0.4) is 0 Å². The lowest BCUT2D eigenvalue weighted by molar-refractivity contribution is 0.00578. The average molecular weight is 266 g/mol. The van der Waals surface area contributed by atoms with Gasteiger partial charge in [0.15, 0.2) is 0 Å². The highest BCUT2D eigenvalue weighted by molar-refractivity contribution is 6.62. The third-order valence-corrected chi connectivity index (χ3v) is 3.87. The number of nitrogens with one attached hydrogen (secondary N) is 1. The number of pyridine rings is 1. The second-order valence-corrected chi connectivity index (χ2v) is 5.82. The van der Waals surface area contributed by atoms with Crippen molar-refractivity contribution in [1.29, 1.82) is 0 Å². The van der Waals surface area contributed by atoms with Crippen LogP contribution in [0.25, 0.3) is 0 Å². The number of hydrogen-bond donors (Lipinski definition) is 1. The number of nitrogens with zero attached hydrogens (tertiary/aromatic N) is 1. The first-order valence-corrected chi connectivity index (χ1v) is 6.41. The monoisotopic (exact) mass is 266 g/mol. The van der Waals surface area contributed by atoms with Crippen molar-refractivity contribution in [3.8, 4) is 0 Å². The van der Waals surface area contributed by atoms with Gasteiger partial charge in [0.05, 0.1) is 11.2 Å². The molecule has 19 heavy (non-hydrogen) atoms. The summed E-state index contributed by atoms with van der Waals surface area (Å²) in [5, 5.41) is 3.01. The smallest absolute Gasteiger partial charge is 0.399 e. The largest absolute Gasteiger partial charge is 0.496 e. The summed E-state index contributed by atoms with van der Waals surface area (Å²) in [6.07, 6.45) is 1.49. The molecule has 1 aliphatic heterocycles. The SMILES string of the molecule is CNCc1cc(F)ncc1B1OC(C)(C)C(C)(C)O1. The number of halogens is 1. The Kier molecular flexibility index (Phi) is 3.68. The van der Waals surface area contributed by atoms with E-state index in [2.05, 4.69) is 10.3 Å². The predicted molar refractivity (Wildman–Crippen MR) is 72.7 cm³/mol. The molecule has 2 rings (SSSR count). The number of rotatable bonds is 3. The van der Waals surface area contributed by atoms with Crippen LogP contribution in [0.15, 0.2) is 12.3 Å². The van der Waals surface area contributed by atoms with Gasteiger partial charge in [-0.3, -0.25) is 0 Å². The Morgan fingerprint density at radius 2 is 1.84 bits per heavy atom. The first-order chi connectivity index (χ1) is 8.77. The Bertz CT molecular complexity index is 464. The van der Waals surface area contributed by atoms with Crippen LogP contribution in [0, 0.1) is 5.95 Å². The fourth-order valence-electron chi connectivity index (χ4n) is 2.00. The first-order valence-electron chi connectivity index (χ1n) is 6.41. The molecule has 1 N–H and O–H groups in total. The molecule has 0 atom stereocenters. The predicted octanol–water partition coefficient (Wildman–Crippen LogP) is 1.24. The maximum absolute atomic E-state index is 13.2. The molecule has 0 unspecified atom stereocenters. The standard InChI is InChI=1S/C13H20BFN2O2/c1-12(2)13(3,4)19-14(18-12)10-8-17-11(15)6-9(10)7-16-5/h6,8,16H,7H2,1-5H3. The lowest BCUT2D eigenvalue weighted by atomic mass is 9.77. The van der Waals surface area contributed by atoms with Crippen molar-refractivity contribution >= 4 is 12.6 Å². The van der Waals surface area contributed by atoms with Gasteiger partial charge in [0.1, 0.15) is 0 Å². The fraction of sp³-hybridized carbons (Fsp3) is 0.615. The number of aromatic nitrogens is 1. The van der Waals surface area contributed by atoms with Crippen molar-refractivity contribution in [3.05, 3.63) is 23.8 Å². The van der Waals surface area contributed by atoms with E-state index in [0.29, 0.717) is 6.54 Å². The van der Waals surface area contributed by atoms with Gasteiger partial charge in [-0.2, -0.15) is 4.39 Å². The lowest BCUT2D eigenvalue weighted by Crippen LogP contribution is -2.41. The summed E-state index contributed by atoms with van der Waals surface area (Å²) < 4.78 is 25.2. The molecule has 6 heteroatoms. The molecule has 1 fully saturated rings. The Labute approximate surface area is 113 Å². The van der Waals surface area contributed by atoms with Gasteiger partial charge in [-0.15, -0.1) is 0 Å². The molecule has 1 saturated heterocycles. The normalized spacial score (nSPS) is 20.8. The van der Waals surface area contributed by atoms with E-state index >= 15 is 0 Å². The molecule has 0 amide bonds. The highest BCUT2D eigenvalue weighted by Gasteiger charge is 2.52.